The second kappa shape index (κ2) is 9.38. The molecule has 2 aliphatic rings. The molecule has 1 amide bonds. The standard InChI is InChI=1S/C22H26FN5O3/c1-31-22(30)18-8-9-20(25-24-18)26-11-13-27(14-12-26)21(29)19-3-2-10-28(19)15-16-4-6-17(23)7-5-16/h4-9,19H,2-3,10-15H2,1H3. The topological polar surface area (TPSA) is 78.9 Å². The molecule has 8 nitrogen and oxygen atoms in total. The second-order valence-corrected chi connectivity index (χ2v) is 7.84. The highest BCUT2D eigenvalue weighted by Gasteiger charge is 2.35. The Balaban J connectivity index is 1.33. The first-order valence-electron chi connectivity index (χ1n) is 10.5. The summed E-state index contributed by atoms with van der Waals surface area (Å²) in [5.41, 5.74) is 1.18. The van der Waals surface area contributed by atoms with Gasteiger partial charge in [-0.1, -0.05) is 12.1 Å². The molecule has 31 heavy (non-hydrogen) atoms. The van der Waals surface area contributed by atoms with Crippen molar-refractivity contribution in [1.29, 1.82) is 0 Å². The highest BCUT2D eigenvalue weighted by atomic mass is 19.1. The van der Waals surface area contributed by atoms with Gasteiger partial charge < -0.3 is 14.5 Å². The Morgan fingerprint density at radius 2 is 1.77 bits per heavy atom. The van der Waals surface area contributed by atoms with Crippen molar-refractivity contribution in [2.45, 2.75) is 25.4 Å². The molecule has 0 aliphatic carbocycles. The van der Waals surface area contributed by atoms with Gasteiger partial charge in [-0.25, -0.2) is 9.18 Å². The molecule has 9 heteroatoms. The smallest absolute Gasteiger partial charge is 0.358 e. The van der Waals surface area contributed by atoms with Gasteiger partial charge in [-0.05, 0) is 49.2 Å². The number of nitrogens with zero attached hydrogens (tertiary/aromatic N) is 5. The van der Waals surface area contributed by atoms with Gasteiger partial charge in [-0.2, -0.15) is 0 Å². The van der Waals surface area contributed by atoms with E-state index in [0.29, 0.717) is 38.5 Å². The number of hydrogen-bond donors (Lipinski definition) is 0. The van der Waals surface area contributed by atoms with Crippen molar-refractivity contribution in [1.82, 2.24) is 20.0 Å². The van der Waals surface area contributed by atoms with Crippen LogP contribution >= 0.6 is 0 Å². The number of carbonyl (C=O) groups excluding carboxylic acids is 2. The van der Waals surface area contributed by atoms with Crippen molar-refractivity contribution < 1.29 is 18.7 Å². The first kappa shape index (κ1) is 21.2. The van der Waals surface area contributed by atoms with E-state index in [0.717, 1.165) is 24.9 Å². The number of likely N-dealkylation sites (tertiary alicyclic amines) is 1. The van der Waals surface area contributed by atoms with E-state index in [-0.39, 0.29) is 23.5 Å². The maximum Gasteiger partial charge on any atom is 0.358 e. The van der Waals surface area contributed by atoms with E-state index >= 15 is 0 Å². The minimum Gasteiger partial charge on any atom is -0.464 e. The van der Waals surface area contributed by atoms with E-state index in [1.54, 1.807) is 24.3 Å². The fourth-order valence-electron chi connectivity index (χ4n) is 4.19. The van der Waals surface area contributed by atoms with Gasteiger partial charge in [0.1, 0.15) is 5.82 Å². The van der Waals surface area contributed by atoms with Gasteiger partial charge in [0.05, 0.1) is 13.2 Å². The summed E-state index contributed by atoms with van der Waals surface area (Å²) in [6.45, 7) is 4.06. The molecule has 0 N–H and O–H groups in total. The number of halogens is 1. The number of amides is 1. The number of benzene rings is 1. The van der Waals surface area contributed by atoms with Gasteiger partial charge >= 0.3 is 5.97 Å². The number of anilines is 1. The highest BCUT2D eigenvalue weighted by Crippen LogP contribution is 2.23. The van der Waals surface area contributed by atoms with Crippen LogP contribution in [0.1, 0.15) is 28.9 Å². The minimum atomic E-state index is -0.517. The van der Waals surface area contributed by atoms with Gasteiger partial charge in [0, 0.05) is 32.7 Å². The highest BCUT2D eigenvalue weighted by molar-refractivity contribution is 5.87. The van der Waals surface area contributed by atoms with Crippen LogP contribution in [-0.4, -0.2) is 77.7 Å². The molecule has 1 aromatic carbocycles. The van der Waals surface area contributed by atoms with E-state index in [4.69, 9.17) is 0 Å². The first-order chi connectivity index (χ1) is 15.0. The zero-order valence-corrected chi connectivity index (χ0v) is 17.5. The number of methoxy groups -OCH3 is 1. The van der Waals surface area contributed by atoms with Crippen molar-refractivity contribution in [2.24, 2.45) is 0 Å². The molecule has 3 heterocycles. The fraction of sp³-hybridized carbons (Fsp3) is 0.455. The Morgan fingerprint density at radius 1 is 1.03 bits per heavy atom. The largest absolute Gasteiger partial charge is 0.464 e. The van der Waals surface area contributed by atoms with Crippen LogP contribution in [0.25, 0.3) is 0 Å². The summed E-state index contributed by atoms with van der Waals surface area (Å²) in [6, 6.07) is 9.69. The molecule has 0 spiro atoms. The van der Waals surface area contributed by atoms with Crippen molar-refractivity contribution in [3.05, 3.63) is 53.5 Å². The normalized spacial score (nSPS) is 19.5. The number of hydrogen-bond acceptors (Lipinski definition) is 7. The van der Waals surface area contributed by atoms with Crippen molar-refractivity contribution in [2.75, 3.05) is 44.7 Å². The summed E-state index contributed by atoms with van der Waals surface area (Å²) in [5.74, 6) is 0.0708. The quantitative estimate of drug-likeness (QED) is 0.673. The van der Waals surface area contributed by atoms with E-state index in [2.05, 4.69) is 24.7 Å². The van der Waals surface area contributed by atoms with Crippen molar-refractivity contribution in [3.63, 3.8) is 0 Å². The molecule has 0 saturated carbocycles. The predicted molar refractivity (Wildman–Crippen MR) is 112 cm³/mol. The summed E-state index contributed by atoms with van der Waals surface area (Å²) >= 11 is 0. The van der Waals surface area contributed by atoms with E-state index in [9.17, 15) is 14.0 Å². The van der Waals surface area contributed by atoms with Crippen LogP contribution < -0.4 is 4.90 Å². The van der Waals surface area contributed by atoms with Crippen LogP contribution in [0.4, 0.5) is 10.2 Å². The summed E-state index contributed by atoms with van der Waals surface area (Å²) in [7, 11) is 1.30. The van der Waals surface area contributed by atoms with Gasteiger partial charge in [0.25, 0.3) is 0 Å². The van der Waals surface area contributed by atoms with Crippen LogP contribution in [0, 0.1) is 5.82 Å². The molecule has 4 rings (SSSR count). The number of rotatable bonds is 5. The van der Waals surface area contributed by atoms with Gasteiger partial charge in [-0.15, -0.1) is 10.2 Å². The predicted octanol–water partition coefficient (Wildman–Crippen LogP) is 1.72. The number of ether oxygens (including phenoxy) is 1. The Labute approximate surface area is 180 Å². The molecule has 2 fully saturated rings. The third-order valence-corrected chi connectivity index (χ3v) is 5.91. The average Bonchev–Trinajstić information content (AvgIpc) is 3.28. The number of aromatic nitrogens is 2. The fourth-order valence-corrected chi connectivity index (χ4v) is 4.19. The molecule has 2 saturated heterocycles. The maximum absolute atomic E-state index is 13.2. The molecule has 1 aromatic heterocycles. The lowest BCUT2D eigenvalue weighted by atomic mass is 10.1. The molecule has 1 unspecified atom stereocenters. The number of esters is 1. The molecule has 0 bridgehead atoms. The van der Waals surface area contributed by atoms with E-state index < -0.39 is 5.97 Å². The zero-order chi connectivity index (χ0) is 21.8. The molecule has 2 aliphatic heterocycles. The Bertz CT molecular complexity index is 914. The van der Waals surface area contributed by atoms with Crippen LogP contribution in [0.15, 0.2) is 36.4 Å². The Morgan fingerprint density at radius 3 is 2.42 bits per heavy atom. The molecular formula is C22H26FN5O3. The van der Waals surface area contributed by atoms with Crippen LogP contribution in [0.2, 0.25) is 0 Å². The van der Waals surface area contributed by atoms with Gasteiger partial charge in [0.2, 0.25) is 5.91 Å². The third-order valence-electron chi connectivity index (χ3n) is 5.91. The lowest BCUT2D eigenvalue weighted by Gasteiger charge is -2.37. The number of carbonyl (C=O) groups is 2. The number of piperazine rings is 1. The SMILES string of the molecule is COC(=O)c1ccc(N2CCN(C(=O)C3CCCN3Cc3ccc(F)cc3)CC2)nn1. The van der Waals surface area contributed by atoms with Crippen molar-refractivity contribution in [3.8, 4) is 0 Å². The van der Waals surface area contributed by atoms with Crippen LogP contribution in [-0.2, 0) is 16.1 Å². The Hall–Kier alpha value is -3.07. The maximum atomic E-state index is 13.2. The zero-order valence-electron chi connectivity index (χ0n) is 17.5. The first-order valence-corrected chi connectivity index (χ1v) is 10.5. The average molecular weight is 427 g/mol. The summed E-state index contributed by atoms with van der Waals surface area (Å²) in [5, 5.41) is 8.04. The Kier molecular flexibility index (Phi) is 6.41. The van der Waals surface area contributed by atoms with E-state index in [1.165, 1.54) is 19.2 Å². The summed E-state index contributed by atoms with van der Waals surface area (Å²) in [4.78, 5) is 30.8. The molecule has 164 valence electrons. The molecule has 1 atom stereocenters. The summed E-state index contributed by atoms with van der Waals surface area (Å²) < 4.78 is 17.8. The molecule has 2 aromatic rings. The third kappa shape index (κ3) is 4.82. The minimum absolute atomic E-state index is 0.129. The lowest BCUT2D eigenvalue weighted by Crippen LogP contribution is -2.53. The summed E-state index contributed by atoms with van der Waals surface area (Å²) in [6.07, 6.45) is 1.83. The second-order valence-electron chi connectivity index (χ2n) is 7.84. The van der Waals surface area contributed by atoms with Gasteiger partial charge in [-0.3, -0.25) is 9.69 Å². The van der Waals surface area contributed by atoms with Crippen molar-refractivity contribution >= 4 is 17.7 Å². The monoisotopic (exact) mass is 427 g/mol. The van der Waals surface area contributed by atoms with Gasteiger partial charge in [0.15, 0.2) is 11.5 Å². The lowest BCUT2D eigenvalue weighted by molar-refractivity contribution is -0.136. The van der Waals surface area contributed by atoms with Crippen LogP contribution in [0.3, 0.4) is 0 Å². The van der Waals surface area contributed by atoms with E-state index in [1.807, 2.05) is 4.90 Å². The molecular weight excluding hydrogens is 401 g/mol. The van der Waals surface area contributed by atoms with Crippen LogP contribution in [0.5, 0.6) is 0 Å². The molecule has 0 radical (unpaired) electrons.